The Bertz CT molecular complexity index is 935. The Labute approximate surface area is 144 Å². The fourth-order valence-corrected chi connectivity index (χ4v) is 4.34. The molecule has 1 aliphatic heterocycles. The average molecular weight is 363 g/mol. The van der Waals surface area contributed by atoms with Gasteiger partial charge in [-0.3, -0.25) is 9.59 Å². The van der Waals surface area contributed by atoms with Gasteiger partial charge < -0.3 is 9.84 Å². The van der Waals surface area contributed by atoms with E-state index in [0.29, 0.717) is 16.5 Å². The molecule has 0 fully saturated rings. The first-order valence-corrected chi connectivity index (χ1v) is 9.20. The molecule has 8 nitrogen and oxygen atoms in total. The van der Waals surface area contributed by atoms with Crippen molar-refractivity contribution in [3.63, 3.8) is 0 Å². The first-order valence-electron chi connectivity index (χ1n) is 7.76. The SMILES string of the molecule is CCc1cc(CNC(=O)C(C)N2C(=O)c3ccccc3S2(=O)=O)on1. The van der Waals surface area contributed by atoms with Crippen LogP contribution in [0, 0.1) is 0 Å². The molecular weight excluding hydrogens is 346 g/mol. The highest BCUT2D eigenvalue weighted by Crippen LogP contribution is 2.31. The molecule has 0 saturated carbocycles. The van der Waals surface area contributed by atoms with Crippen molar-refractivity contribution < 1.29 is 22.5 Å². The molecule has 9 heteroatoms. The van der Waals surface area contributed by atoms with Crippen molar-refractivity contribution in [2.45, 2.75) is 37.8 Å². The second kappa shape index (κ2) is 6.32. The van der Waals surface area contributed by atoms with Gasteiger partial charge in [-0.1, -0.05) is 24.2 Å². The summed E-state index contributed by atoms with van der Waals surface area (Å²) in [7, 11) is -4.04. The number of amides is 2. The number of rotatable bonds is 5. The van der Waals surface area contributed by atoms with Crippen LogP contribution in [0.5, 0.6) is 0 Å². The fraction of sp³-hybridized carbons (Fsp3) is 0.312. The van der Waals surface area contributed by atoms with E-state index in [1.165, 1.54) is 25.1 Å². The van der Waals surface area contributed by atoms with Gasteiger partial charge in [-0.05, 0) is 25.5 Å². The summed E-state index contributed by atoms with van der Waals surface area (Å²) in [5, 5.41) is 6.38. The molecule has 25 heavy (non-hydrogen) atoms. The molecule has 1 N–H and O–H groups in total. The van der Waals surface area contributed by atoms with Gasteiger partial charge in [0.2, 0.25) is 5.91 Å². The average Bonchev–Trinajstić information content (AvgIpc) is 3.14. The largest absolute Gasteiger partial charge is 0.359 e. The van der Waals surface area contributed by atoms with Crippen LogP contribution < -0.4 is 5.32 Å². The molecule has 132 valence electrons. The summed E-state index contributed by atoms with van der Waals surface area (Å²) >= 11 is 0. The van der Waals surface area contributed by atoms with Gasteiger partial charge in [-0.15, -0.1) is 0 Å². The van der Waals surface area contributed by atoms with E-state index < -0.39 is 27.9 Å². The van der Waals surface area contributed by atoms with E-state index in [4.69, 9.17) is 4.52 Å². The van der Waals surface area contributed by atoms with Crippen LogP contribution in [0.2, 0.25) is 0 Å². The van der Waals surface area contributed by atoms with Gasteiger partial charge in [0.25, 0.3) is 15.9 Å². The van der Waals surface area contributed by atoms with Crippen LogP contribution in [0.1, 0.15) is 35.7 Å². The van der Waals surface area contributed by atoms with E-state index in [2.05, 4.69) is 10.5 Å². The Morgan fingerprint density at radius 1 is 1.36 bits per heavy atom. The lowest BCUT2D eigenvalue weighted by atomic mass is 10.2. The fourth-order valence-electron chi connectivity index (χ4n) is 2.62. The first kappa shape index (κ1) is 17.2. The minimum absolute atomic E-state index is 0.0607. The van der Waals surface area contributed by atoms with Gasteiger partial charge in [-0.2, -0.15) is 0 Å². The number of hydrogen-bond donors (Lipinski definition) is 1. The maximum absolute atomic E-state index is 12.6. The Kier molecular flexibility index (Phi) is 4.34. The number of carbonyl (C=O) groups is 2. The molecule has 2 aromatic rings. The zero-order chi connectivity index (χ0) is 18.2. The molecule has 1 aromatic heterocycles. The second-order valence-electron chi connectivity index (χ2n) is 5.63. The Morgan fingerprint density at radius 2 is 2.08 bits per heavy atom. The maximum Gasteiger partial charge on any atom is 0.269 e. The van der Waals surface area contributed by atoms with Gasteiger partial charge in [0.05, 0.1) is 17.8 Å². The van der Waals surface area contributed by atoms with Gasteiger partial charge in [-0.25, -0.2) is 12.7 Å². The Balaban J connectivity index is 1.75. The summed E-state index contributed by atoms with van der Waals surface area (Å²) in [6.45, 7) is 3.35. The summed E-state index contributed by atoms with van der Waals surface area (Å²) < 4.78 is 30.8. The van der Waals surface area contributed by atoms with Crippen LogP contribution in [0.4, 0.5) is 0 Å². The minimum atomic E-state index is -4.04. The molecule has 1 unspecified atom stereocenters. The topological polar surface area (TPSA) is 110 Å². The number of sulfonamides is 1. The van der Waals surface area contributed by atoms with Gasteiger partial charge in [0, 0.05) is 6.07 Å². The molecule has 2 heterocycles. The van der Waals surface area contributed by atoms with Crippen LogP contribution >= 0.6 is 0 Å². The summed E-state index contributed by atoms with van der Waals surface area (Å²) in [5.74, 6) is -0.846. The number of carbonyl (C=O) groups excluding carboxylic acids is 2. The first-order chi connectivity index (χ1) is 11.9. The molecule has 1 atom stereocenters. The van der Waals surface area contributed by atoms with Crippen molar-refractivity contribution in [2.24, 2.45) is 0 Å². The molecule has 1 aliphatic rings. The maximum atomic E-state index is 12.6. The van der Waals surface area contributed by atoms with E-state index in [-0.39, 0.29) is 17.0 Å². The Morgan fingerprint density at radius 3 is 2.72 bits per heavy atom. The molecule has 1 aromatic carbocycles. The van der Waals surface area contributed by atoms with Crippen molar-refractivity contribution in [2.75, 3.05) is 0 Å². The summed E-state index contributed by atoms with van der Waals surface area (Å²) in [4.78, 5) is 24.7. The predicted octanol–water partition coefficient (Wildman–Crippen LogP) is 1.09. The third kappa shape index (κ3) is 2.91. The predicted molar refractivity (Wildman–Crippen MR) is 87.0 cm³/mol. The standard InChI is InChI=1S/C16H17N3O5S/c1-3-11-8-12(24-18-11)9-17-15(20)10(2)19-16(21)13-6-4-5-7-14(13)25(19,22)23/h4-8,10H,3,9H2,1-2H3,(H,17,20). The number of fused-ring (bicyclic) bond motifs is 1. The number of aryl methyl sites for hydroxylation is 1. The molecule has 0 spiro atoms. The summed E-state index contributed by atoms with van der Waals surface area (Å²) in [5.41, 5.74) is 0.829. The highest BCUT2D eigenvalue weighted by atomic mass is 32.2. The van der Waals surface area contributed by atoms with E-state index in [1.54, 1.807) is 12.1 Å². The molecule has 0 saturated heterocycles. The van der Waals surface area contributed by atoms with Gasteiger partial charge in [0.15, 0.2) is 5.76 Å². The summed E-state index contributed by atoms with van der Waals surface area (Å²) in [6.07, 6.45) is 0.701. The van der Waals surface area contributed by atoms with E-state index >= 15 is 0 Å². The van der Waals surface area contributed by atoms with Crippen LogP contribution in [-0.2, 0) is 27.8 Å². The smallest absolute Gasteiger partial charge is 0.269 e. The van der Waals surface area contributed by atoms with Crippen molar-refractivity contribution in [1.82, 2.24) is 14.8 Å². The van der Waals surface area contributed by atoms with Crippen LogP contribution in [0.3, 0.4) is 0 Å². The lowest BCUT2D eigenvalue weighted by Gasteiger charge is -2.22. The highest BCUT2D eigenvalue weighted by molar-refractivity contribution is 7.90. The van der Waals surface area contributed by atoms with E-state index in [9.17, 15) is 18.0 Å². The summed E-state index contributed by atoms with van der Waals surface area (Å²) in [6, 6.07) is 6.43. The van der Waals surface area contributed by atoms with Crippen molar-refractivity contribution in [1.29, 1.82) is 0 Å². The lowest BCUT2D eigenvalue weighted by molar-refractivity contribution is -0.124. The molecule has 0 radical (unpaired) electrons. The zero-order valence-electron chi connectivity index (χ0n) is 13.7. The van der Waals surface area contributed by atoms with Crippen molar-refractivity contribution in [3.05, 3.63) is 47.3 Å². The third-order valence-corrected chi connectivity index (χ3v) is 5.90. The number of nitrogens with one attached hydrogen (secondary N) is 1. The molecule has 0 aliphatic carbocycles. The van der Waals surface area contributed by atoms with Crippen LogP contribution in [-0.4, -0.2) is 35.7 Å². The number of aromatic nitrogens is 1. The lowest BCUT2D eigenvalue weighted by Crippen LogP contribution is -2.47. The highest BCUT2D eigenvalue weighted by Gasteiger charge is 2.45. The third-order valence-electron chi connectivity index (χ3n) is 3.99. The number of benzene rings is 1. The quantitative estimate of drug-likeness (QED) is 0.851. The van der Waals surface area contributed by atoms with E-state index in [1.807, 2.05) is 6.92 Å². The van der Waals surface area contributed by atoms with Gasteiger partial charge >= 0.3 is 0 Å². The molecule has 2 amide bonds. The number of hydrogen-bond acceptors (Lipinski definition) is 6. The minimum Gasteiger partial charge on any atom is -0.359 e. The zero-order valence-corrected chi connectivity index (χ0v) is 14.5. The molecule has 0 bridgehead atoms. The van der Waals surface area contributed by atoms with Crippen LogP contribution in [0.25, 0.3) is 0 Å². The van der Waals surface area contributed by atoms with Crippen LogP contribution in [0.15, 0.2) is 39.8 Å². The normalized spacial score (nSPS) is 16.6. The van der Waals surface area contributed by atoms with Crippen molar-refractivity contribution >= 4 is 21.8 Å². The van der Waals surface area contributed by atoms with E-state index in [0.717, 1.165) is 5.69 Å². The second-order valence-corrected chi connectivity index (χ2v) is 7.42. The van der Waals surface area contributed by atoms with Crippen molar-refractivity contribution in [3.8, 4) is 0 Å². The Hall–Kier alpha value is -2.68. The monoisotopic (exact) mass is 363 g/mol. The van der Waals surface area contributed by atoms with Gasteiger partial charge in [0.1, 0.15) is 10.9 Å². The molecular formula is C16H17N3O5S. The molecule has 3 rings (SSSR count). The number of nitrogens with zero attached hydrogens (tertiary/aromatic N) is 2.